The second-order valence-electron chi connectivity index (χ2n) is 1.35. The molecule has 0 aliphatic carbocycles. The fourth-order valence-electron chi connectivity index (χ4n) is 0.497. The van der Waals surface area contributed by atoms with Gasteiger partial charge in [0.05, 0.1) is 14.2 Å². The molecule has 9 heavy (non-hydrogen) atoms. The van der Waals surface area contributed by atoms with E-state index < -0.39 is 0 Å². The molecule has 0 fully saturated rings. The van der Waals surface area contributed by atoms with E-state index in [1.54, 1.807) is 0 Å². The highest BCUT2D eigenvalue weighted by Crippen LogP contribution is 2.22. The average Bonchev–Trinajstić information content (AvgIpc) is 2.33. The van der Waals surface area contributed by atoms with Gasteiger partial charge in [-0.1, -0.05) is 0 Å². The molecule has 1 rings (SSSR count). The molecule has 0 aromatic carbocycles. The average molecular weight is 129 g/mol. The van der Waals surface area contributed by atoms with E-state index in [-0.39, 0.29) is 0 Å². The zero-order valence-corrected chi connectivity index (χ0v) is 5.25. The van der Waals surface area contributed by atoms with Crippen LogP contribution in [0.1, 0.15) is 0 Å². The van der Waals surface area contributed by atoms with Gasteiger partial charge in [-0.05, 0) is 0 Å². The van der Waals surface area contributed by atoms with Crippen molar-refractivity contribution in [3.05, 3.63) is 6.39 Å². The zero-order valence-electron chi connectivity index (χ0n) is 5.25. The quantitative estimate of drug-likeness (QED) is 0.589. The first-order valence-corrected chi connectivity index (χ1v) is 2.40. The van der Waals surface area contributed by atoms with Gasteiger partial charge in [0.2, 0.25) is 0 Å². The van der Waals surface area contributed by atoms with Crippen molar-refractivity contribution in [3.8, 4) is 11.8 Å². The van der Waals surface area contributed by atoms with Crippen LogP contribution in [-0.4, -0.2) is 19.2 Å². The SMILES string of the molecule is COc1ncoc1OC. The molecule has 1 heterocycles. The number of aromatic nitrogens is 1. The highest BCUT2D eigenvalue weighted by atomic mass is 16.6. The van der Waals surface area contributed by atoms with Gasteiger partial charge in [-0.3, -0.25) is 0 Å². The number of hydrogen-bond donors (Lipinski definition) is 0. The summed E-state index contributed by atoms with van der Waals surface area (Å²) in [6.07, 6.45) is 1.26. The Kier molecular flexibility index (Phi) is 1.58. The summed E-state index contributed by atoms with van der Waals surface area (Å²) in [5.41, 5.74) is 0. The van der Waals surface area contributed by atoms with E-state index in [0.717, 1.165) is 0 Å². The molecule has 50 valence electrons. The predicted octanol–water partition coefficient (Wildman–Crippen LogP) is 0.692. The number of hydrogen-bond acceptors (Lipinski definition) is 4. The van der Waals surface area contributed by atoms with Gasteiger partial charge in [0.25, 0.3) is 5.88 Å². The standard InChI is InChI=1S/C5H7NO3/c1-7-4-5(8-2)9-3-6-4/h3H,1-2H3. The van der Waals surface area contributed by atoms with Gasteiger partial charge in [0, 0.05) is 0 Å². The molecule has 0 aliphatic rings. The lowest BCUT2D eigenvalue weighted by Gasteiger charge is -1.93. The first-order chi connectivity index (χ1) is 4.38. The van der Waals surface area contributed by atoms with E-state index in [9.17, 15) is 0 Å². The fourth-order valence-corrected chi connectivity index (χ4v) is 0.497. The fraction of sp³-hybridized carbons (Fsp3) is 0.400. The van der Waals surface area contributed by atoms with Gasteiger partial charge in [0.15, 0.2) is 6.39 Å². The predicted molar refractivity (Wildman–Crippen MR) is 29.6 cm³/mol. The van der Waals surface area contributed by atoms with Crippen molar-refractivity contribution in [2.24, 2.45) is 0 Å². The second kappa shape index (κ2) is 2.39. The highest BCUT2D eigenvalue weighted by Gasteiger charge is 2.05. The molecule has 0 radical (unpaired) electrons. The van der Waals surface area contributed by atoms with Gasteiger partial charge in [-0.2, -0.15) is 4.98 Å². The Morgan fingerprint density at radius 3 is 2.67 bits per heavy atom. The molecule has 0 bridgehead atoms. The normalized spacial score (nSPS) is 9.11. The Hall–Kier alpha value is -1.19. The minimum atomic E-state index is 0.303. The van der Waals surface area contributed by atoms with Crippen molar-refractivity contribution < 1.29 is 13.9 Å². The van der Waals surface area contributed by atoms with Crippen molar-refractivity contribution in [2.75, 3.05) is 14.2 Å². The Balaban J connectivity index is 2.85. The van der Waals surface area contributed by atoms with Gasteiger partial charge >= 0.3 is 5.95 Å². The van der Waals surface area contributed by atoms with Crippen LogP contribution in [0.25, 0.3) is 0 Å². The number of rotatable bonds is 2. The lowest BCUT2D eigenvalue weighted by molar-refractivity contribution is 0.279. The summed E-state index contributed by atoms with van der Waals surface area (Å²) in [7, 11) is 2.99. The van der Waals surface area contributed by atoms with Crippen LogP contribution in [0.4, 0.5) is 0 Å². The first-order valence-electron chi connectivity index (χ1n) is 2.40. The summed E-state index contributed by atoms with van der Waals surface area (Å²) >= 11 is 0. The van der Waals surface area contributed by atoms with Crippen molar-refractivity contribution in [1.82, 2.24) is 4.98 Å². The smallest absolute Gasteiger partial charge is 0.351 e. The van der Waals surface area contributed by atoms with Crippen LogP contribution in [0, 0.1) is 0 Å². The summed E-state index contributed by atoms with van der Waals surface area (Å²) in [5.74, 6) is 0.676. The number of oxazole rings is 1. The monoisotopic (exact) mass is 129 g/mol. The summed E-state index contributed by atoms with van der Waals surface area (Å²) in [5, 5.41) is 0. The molecule has 1 aromatic heterocycles. The van der Waals surface area contributed by atoms with E-state index in [2.05, 4.69) is 4.98 Å². The van der Waals surface area contributed by atoms with Crippen molar-refractivity contribution in [1.29, 1.82) is 0 Å². The number of methoxy groups -OCH3 is 2. The highest BCUT2D eigenvalue weighted by molar-refractivity contribution is 5.19. The maximum atomic E-state index is 4.75. The molecule has 0 spiro atoms. The molecule has 4 nitrogen and oxygen atoms in total. The van der Waals surface area contributed by atoms with Gasteiger partial charge < -0.3 is 13.9 Å². The molecule has 0 saturated heterocycles. The lowest BCUT2D eigenvalue weighted by Crippen LogP contribution is -1.86. The Morgan fingerprint density at radius 1 is 1.44 bits per heavy atom. The molecule has 0 unspecified atom stereocenters. The van der Waals surface area contributed by atoms with Gasteiger partial charge in [-0.25, -0.2) is 0 Å². The Morgan fingerprint density at radius 2 is 2.22 bits per heavy atom. The van der Waals surface area contributed by atoms with Crippen LogP contribution < -0.4 is 9.47 Å². The zero-order chi connectivity index (χ0) is 6.69. The summed E-state index contributed by atoms with van der Waals surface area (Å²) in [6, 6.07) is 0. The number of nitrogens with zero attached hydrogens (tertiary/aromatic N) is 1. The van der Waals surface area contributed by atoms with E-state index in [0.29, 0.717) is 11.8 Å². The van der Waals surface area contributed by atoms with E-state index >= 15 is 0 Å². The third kappa shape index (κ3) is 0.960. The lowest BCUT2D eigenvalue weighted by atomic mass is 10.8. The minimum Gasteiger partial charge on any atom is -0.476 e. The molecule has 0 N–H and O–H groups in total. The van der Waals surface area contributed by atoms with E-state index in [1.165, 1.54) is 20.6 Å². The maximum Gasteiger partial charge on any atom is 0.351 e. The molecular weight excluding hydrogens is 122 g/mol. The van der Waals surface area contributed by atoms with Crippen molar-refractivity contribution in [2.45, 2.75) is 0 Å². The molecule has 0 amide bonds. The molecule has 1 aromatic rings. The third-order valence-corrected chi connectivity index (χ3v) is 0.883. The largest absolute Gasteiger partial charge is 0.476 e. The second-order valence-corrected chi connectivity index (χ2v) is 1.35. The Bertz CT molecular complexity index is 166. The number of ether oxygens (including phenoxy) is 2. The Labute approximate surface area is 52.4 Å². The first kappa shape index (κ1) is 5.94. The van der Waals surface area contributed by atoms with Crippen LogP contribution in [0.3, 0.4) is 0 Å². The molecular formula is C5H7NO3. The summed E-state index contributed by atoms with van der Waals surface area (Å²) in [4.78, 5) is 3.69. The summed E-state index contributed by atoms with van der Waals surface area (Å²) in [6.45, 7) is 0. The topological polar surface area (TPSA) is 44.5 Å². The van der Waals surface area contributed by atoms with Crippen molar-refractivity contribution >= 4 is 0 Å². The van der Waals surface area contributed by atoms with Crippen LogP contribution in [0.5, 0.6) is 11.8 Å². The van der Waals surface area contributed by atoms with E-state index in [4.69, 9.17) is 13.9 Å². The molecule has 4 heteroatoms. The molecule has 0 aliphatic heterocycles. The van der Waals surface area contributed by atoms with Crippen LogP contribution in [0.15, 0.2) is 10.8 Å². The van der Waals surface area contributed by atoms with Crippen molar-refractivity contribution in [3.63, 3.8) is 0 Å². The van der Waals surface area contributed by atoms with Crippen LogP contribution >= 0.6 is 0 Å². The third-order valence-electron chi connectivity index (χ3n) is 0.883. The van der Waals surface area contributed by atoms with Gasteiger partial charge in [-0.15, -0.1) is 0 Å². The van der Waals surface area contributed by atoms with E-state index in [1.807, 2.05) is 0 Å². The molecule has 0 saturated carbocycles. The molecule has 0 atom stereocenters. The van der Waals surface area contributed by atoms with Crippen LogP contribution in [-0.2, 0) is 0 Å². The minimum absolute atomic E-state index is 0.303. The maximum absolute atomic E-state index is 4.75. The van der Waals surface area contributed by atoms with Gasteiger partial charge in [0.1, 0.15) is 0 Å². The summed E-state index contributed by atoms with van der Waals surface area (Å²) < 4.78 is 14.2. The van der Waals surface area contributed by atoms with Crippen LogP contribution in [0.2, 0.25) is 0 Å².